The molecular formula is C27H25N5O2S. The summed E-state index contributed by atoms with van der Waals surface area (Å²) in [6.07, 6.45) is 5.49. The van der Waals surface area contributed by atoms with E-state index in [0.29, 0.717) is 27.7 Å². The minimum atomic E-state index is -0.178. The second-order valence-electron chi connectivity index (χ2n) is 8.58. The molecule has 2 amide bonds. The lowest BCUT2D eigenvalue weighted by atomic mass is 9.89. The van der Waals surface area contributed by atoms with Crippen LogP contribution < -0.4 is 9.80 Å². The zero-order valence-corrected chi connectivity index (χ0v) is 20.6. The average Bonchev–Trinajstić information content (AvgIpc) is 3.26. The van der Waals surface area contributed by atoms with Crippen LogP contribution in [0.1, 0.15) is 47.2 Å². The SMILES string of the molecule is CC(=O)N(c1ccccc1)[C@H]1C[C@@H](C)N(C(=O)c2sc(-c3cnccn3)nc2C)c2ccccc21. The van der Waals surface area contributed by atoms with Crippen LogP contribution in [0.2, 0.25) is 0 Å². The number of hydrogen-bond donors (Lipinski definition) is 0. The van der Waals surface area contributed by atoms with E-state index in [0.717, 1.165) is 16.9 Å². The maximum Gasteiger partial charge on any atom is 0.270 e. The van der Waals surface area contributed by atoms with Gasteiger partial charge < -0.3 is 9.80 Å². The summed E-state index contributed by atoms with van der Waals surface area (Å²) in [6.45, 7) is 5.47. The number of rotatable bonds is 4. The average molecular weight is 484 g/mol. The van der Waals surface area contributed by atoms with Crippen molar-refractivity contribution >= 4 is 34.5 Å². The third-order valence-electron chi connectivity index (χ3n) is 6.24. The number of hydrogen-bond acceptors (Lipinski definition) is 6. The maximum atomic E-state index is 13.9. The summed E-state index contributed by atoms with van der Waals surface area (Å²) in [7, 11) is 0. The Morgan fingerprint density at radius 3 is 2.51 bits per heavy atom. The Hall–Kier alpha value is -3.91. The molecule has 7 nitrogen and oxygen atoms in total. The number of thiazole rings is 1. The fraction of sp³-hybridized carbons (Fsp3) is 0.222. The van der Waals surface area contributed by atoms with Crippen LogP contribution in [0.4, 0.5) is 11.4 Å². The zero-order chi connectivity index (χ0) is 24.5. The van der Waals surface area contributed by atoms with Crippen LogP contribution in [0, 0.1) is 6.92 Å². The summed E-state index contributed by atoms with van der Waals surface area (Å²) in [5, 5.41) is 0.668. The lowest BCUT2D eigenvalue weighted by Gasteiger charge is -2.43. The van der Waals surface area contributed by atoms with E-state index < -0.39 is 0 Å². The third kappa shape index (κ3) is 4.21. The van der Waals surface area contributed by atoms with E-state index >= 15 is 0 Å². The Balaban J connectivity index is 1.55. The fourth-order valence-electron chi connectivity index (χ4n) is 4.73. The first kappa shape index (κ1) is 22.9. The van der Waals surface area contributed by atoms with Crippen LogP contribution in [-0.2, 0) is 4.79 Å². The molecule has 2 aromatic heterocycles. The van der Waals surface area contributed by atoms with Gasteiger partial charge in [0.05, 0.1) is 17.9 Å². The van der Waals surface area contributed by atoms with Crippen molar-refractivity contribution in [3.8, 4) is 10.7 Å². The molecule has 0 saturated carbocycles. The third-order valence-corrected chi connectivity index (χ3v) is 7.41. The van der Waals surface area contributed by atoms with Gasteiger partial charge in [-0.2, -0.15) is 0 Å². The molecule has 0 unspecified atom stereocenters. The number of carbonyl (C=O) groups is 2. The van der Waals surface area contributed by atoms with E-state index in [4.69, 9.17) is 0 Å². The first-order valence-corrected chi connectivity index (χ1v) is 12.3. The van der Waals surface area contributed by atoms with Crippen molar-refractivity contribution in [2.24, 2.45) is 0 Å². The highest BCUT2D eigenvalue weighted by atomic mass is 32.1. The molecule has 0 spiro atoms. The van der Waals surface area contributed by atoms with Crippen LogP contribution in [-0.4, -0.2) is 32.8 Å². The first-order valence-electron chi connectivity index (χ1n) is 11.5. The normalized spacial score (nSPS) is 17.1. The van der Waals surface area contributed by atoms with Crippen molar-refractivity contribution in [3.05, 3.63) is 89.3 Å². The molecular weight excluding hydrogens is 458 g/mol. The number of amides is 2. The molecule has 0 radical (unpaired) electrons. The summed E-state index contributed by atoms with van der Waals surface area (Å²) < 4.78 is 0. The zero-order valence-electron chi connectivity index (χ0n) is 19.8. The monoisotopic (exact) mass is 483 g/mol. The quantitative estimate of drug-likeness (QED) is 0.386. The second kappa shape index (κ2) is 9.38. The van der Waals surface area contributed by atoms with Crippen molar-refractivity contribution in [2.75, 3.05) is 9.80 Å². The van der Waals surface area contributed by atoms with Gasteiger partial charge >= 0.3 is 0 Å². The van der Waals surface area contributed by atoms with Gasteiger partial charge in [-0.25, -0.2) is 4.98 Å². The van der Waals surface area contributed by atoms with E-state index in [1.807, 2.05) is 78.2 Å². The highest BCUT2D eigenvalue weighted by Crippen LogP contribution is 2.43. The summed E-state index contributed by atoms with van der Waals surface area (Å²) in [5.41, 5.74) is 3.93. The van der Waals surface area contributed by atoms with Gasteiger partial charge in [0.2, 0.25) is 5.91 Å². The Morgan fingerprint density at radius 1 is 1.06 bits per heavy atom. The second-order valence-corrected chi connectivity index (χ2v) is 9.58. The summed E-state index contributed by atoms with van der Waals surface area (Å²) in [4.78, 5) is 44.0. The van der Waals surface area contributed by atoms with Gasteiger partial charge in [0.1, 0.15) is 15.6 Å². The maximum absolute atomic E-state index is 13.9. The molecule has 35 heavy (non-hydrogen) atoms. The van der Waals surface area contributed by atoms with Crippen LogP contribution >= 0.6 is 11.3 Å². The highest BCUT2D eigenvalue weighted by molar-refractivity contribution is 7.17. The number of aromatic nitrogens is 3. The predicted octanol–water partition coefficient (Wildman–Crippen LogP) is 5.44. The van der Waals surface area contributed by atoms with Gasteiger partial charge in [0.15, 0.2) is 0 Å². The van der Waals surface area contributed by atoms with E-state index in [9.17, 15) is 9.59 Å². The van der Waals surface area contributed by atoms with Crippen LogP contribution in [0.15, 0.2) is 73.2 Å². The van der Waals surface area contributed by atoms with Gasteiger partial charge in [-0.3, -0.25) is 19.6 Å². The predicted molar refractivity (Wildman–Crippen MR) is 138 cm³/mol. The van der Waals surface area contributed by atoms with Gasteiger partial charge in [-0.15, -0.1) is 11.3 Å². The number of carbonyl (C=O) groups excluding carboxylic acids is 2. The number of aryl methyl sites for hydroxylation is 1. The van der Waals surface area contributed by atoms with Crippen molar-refractivity contribution < 1.29 is 9.59 Å². The van der Waals surface area contributed by atoms with Gasteiger partial charge in [0, 0.05) is 36.7 Å². The lowest BCUT2D eigenvalue weighted by molar-refractivity contribution is -0.117. The van der Waals surface area contributed by atoms with E-state index in [-0.39, 0.29) is 23.9 Å². The van der Waals surface area contributed by atoms with Gasteiger partial charge in [-0.05, 0) is 44.0 Å². The van der Waals surface area contributed by atoms with E-state index in [1.54, 1.807) is 25.5 Å². The fourth-order valence-corrected chi connectivity index (χ4v) is 5.69. The van der Waals surface area contributed by atoms with Crippen molar-refractivity contribution in [3.63, 3.8) is 0 Å². The molecule has 4 aromatic rings. The smallest absolute Gasteiger partial charge is 0.270 e. The van der Waals surface area contributed by atoms with Gasteiger partial charge in [-0.1, -0.05) is 36.4 Å². The van der Waals surface area contributed by atoms with E-state index in [2.05, 4.69) is 15.0 Å². The molecule has 3 heterocycles. The molecule has 0 fully saturated rings. The van der Waals surface area contributed by atoms with E-state index in [1.165, 1.54) is 11.3 Å². The number of anilines is 2. The molecule has 0 aliphatic carbocycles. The van der Waals surface area contributed by atoms with Crippen molar-refractivity contribution in [2.45, 2.75) is 39.3 Å². The van der Waals surface area contributed by atoms with Crippen LogP contribution in [0.25, 0.3) is 10.7 Å². The minimum Gasteiger partial charge on any atom is -0.305 e. The Kier molecular flexibility index (Phi) is 6.13. The summed E-state index contributed by atoms with van der Waals surface area (Å²) in [6, 6.07) is 17.2. The molecule has 8 heteroatoms. The molecule has 0 bridgehead atoms. The standard InChI is InChI=1S/C27H25N5O2S/c1-17-15-24(32(19(3)33)20-9-5-4-6-10-20)21-11-7-8-12-23(21)31(17)27(34)25-18(2)30-26(35-25)22-16-28-13-14-29-22/h4-14,16-17,24H,15H2,1-3H3/t17-,24+/m1/s1. The number of nitrogens with zero attached hydrogens (tertiary/aromatic N) is 5. The summed E-state index contributed by atoms with van der Waals surface area (Å²) >= 11 is 1.33. The molecule has 0 saturated heterocycles. The molecule has 5 rings (SSSR count). The van der Waals surface area contributed by atoms with Crippen LogP contribution in [0.3, 0.4) is 0 Å². The molecule has 176 valence electrons. The molecule has 0 N–H and O–H groups in total. The molecule has 1 aliphatic heterocycles. The minimum absolute atomic E-state index is 0.0325. The van der Waals surface area contributed by atoms with Crippen molar-refractivity contribution in [1.82, 2.24) is 15.0 Å². The topological polar surface area (TPSA) is 79.3 Å². The Labute approximate surface area is 208 Å². The van der Waals surface area contributed by atoms with Gasteiger partial charge in [0.25, 0.3) is 5.91 Å². The molecule has 2 aromatic carbocycles. The largest absolute Gasteiger partial charge is 0.305 e. The Morgan fingerprint density at radius 2 is 1.80 bits per heavy atom. The lowest BCUT2D eigenvalue weighted by Crippen LogP contribution is -2.47. The van der Waals surface area contributed by atoms with Crippen molar-refractivity contribution in [1.29, 1.82) is 0 Å². The molecule has 2 atom stereocenters. The Bertz CT molecular complexity index is 1370. The molecule has 1 aliphatic rings. The highest BCUT2D eigenvalue weighted by Gasteiger charge is 2.39. The van der Waals surface area contributed by atoms with Crippen LogP contribution in [0.5, 0.6) is 0 Å². The first-order chi connectivity index (χ1) is 17.0. The summed E-state index contributed by atoms with van der Waals surface area (Å²) in [5.74, 6) is -0.127. The number of fused-ring (bicyclic) bond motifs is 1. The number of benzene rings is 2. The number of para-hydroxylation sites is 2.